The maximum Gasteiger partial charge on any atom is 0.296 e. The van der Waals surface area contributed by atoms with E-state index in [2.05, 4.69) is 19.9 Å². The summed E-state index contributed by atoms with van der Waals surface area (Å²) in [6.07, 6.45) is 4.60. The first-order chi connectivity index (χ1) is 14.2. The molecule has 30 heavy (non-hydrogen) atoms. The predicted octanol–water partition coefficient (Wildman–Crippen LogP) is 5.28. The third kappa shape index (κ3) is 5.24. The lowest BCUT2D eigenvalue weighted by Crippen LogP contribution is -2.32. The van der Waals surface area contributed by atoms with Gasteiger partial charge in [-0.3, -0.25) is 4.18 Å². The SMILES string of the molecule is C/C=C/C(CCOS(=O)(=O)c1ccc(C)cc1)(c1ccc(OC)c(OC)c1)C(C)C. The van der Waals surface area contributed by atoms with Gasteiger partial charge < -0.3 is 9.47 Å². The molecule has 6 heteroatoms. The Hall–Kier alpha value is -2.31. The molecular weight excluding hydrogens is 400 g/mol. The fourth-order valence-electron chi connectivity index (χ4n) is 3.65. The average molecular weight is 433 g/mol. The fourth-order valence-corrected chi connectivity index (χ4v) is 4.56. The van der Waals surface area contributed by atoms with Crippen LogP contribution in [0, 0.1) is 12.8 Å². The van der Waals surface area contributed by atoms with Crippen LogP contribution in [0.3, 0.4) is 0 Å². The summed E-state index contributed by atoms with van der Waals surface area (Å²) in [5.41, 5.74) is 1.59. The number of benzene rings is 2. The molecule has 0 radical (unpaired) electrons. The second kappa shape index (κ2) is 10.1. The monoisotopic (exact) mass is 432 g/mol. The lowest BCUT2D eigenvalue weighted by Gasteiger charge is -2.36. The Kier molecular flexibility index (Phi) is 8.10. The molecule has 0 amide bonds. The van der Waals surface area contributed by atoms with Gasteiger partial charge in [0.2, 0.25) is 0 Å². The van der Waals surface area contributed by atoms with Crippen LogP contribution in [-0.4, -0.2) is 29.2 Å². The van der Waals surface area contributed by atoms with Gasteiger partial charge >= 0.3 is 0 Å². The first-order valence-electron chi connectivity index (χ1n) is 10.0. The summed E-state index contributed by atoms with van der Waals surface area (Å²) in [5.74, 6) is 1.48. The van der Waals surface area contributed by atoms with Gasteiger partial charge in [0.25, 0.3) is 10.1 Å². The van der Waals surface area contributed by atoms with Gasteiger partial charge in [0.1, 0.15) is 0 Å². The Morgan fingerprint density at radius 2 is 1.63 bits per heavy atom. The van der Waals surface area contributed by atoms with Crippen molar-refractivity contribution >= 4 is 10.1 Å². The summed E-state index contributed by atoms with van der Waals surface area (Å²) >= 11 is 0. The molecular formula is C24H32O5S. The van der Waals surface area contributed by atoms with Crippen LogP contribution in [0.4, 0.5) is 0 Å². The van der Waals surface area contributed by atoms with Crippen LogP contribution < -0.4 is 9.47 Å². The highest BCUT2D eigenvalue weighted by Crippen LogP contribution is 2.41. The van der Waals surface area contributed by atoms with E-state index in [9.17, 15) is 8.42 Å². The van der Waals surface area contributed by atoms with E-state index in [1.165, 1.54) is 0 Å². The molecule has 0 saturated carbocycles. The van der Waals surface area contributed by atoms with E-state index in [1.807, 2.05) is 38.1 Å². The summed E-state index contributed by atoms with van der Waals surface area (Å²) < 4.78 is 41.5. The van der Waals surface area contributed by atoms with Crippen LogP contribution in [-0.2, 0) is 19.7 Å². The highest BCUT2D eigenvalue weighted by molar-refractivity contribution is 7.86. The van der Waals surface area contributed by atoms with Gasteiger partial charge in [0, 0.05) is 5.41 Å². The quantitative estimate of drug-likeness (QED) is 0.378. The molecule has 0 N–H and O–H groups in total. The Balaban J connectivity index is 2.33. The molecule has 164 valence electrons. The number of hydrogen-bond acceptors (Lipinski definition) is 5. The molecule has 5 nitrogen and oxygen atoms in total. The van der Waals surface area contributed by atoms with Crippen molar-refractivity contribution in [3.05, 3.63) is 65.7 Å². The van der Waals surface area contributed by atoms with Gasteiger partial charge in [-0.25, -0.2) is 0 Å². The van der Waals surface area contributed by atoms with Gasteiger partial charge in [0.15, 0.2) is 11.5 Å². The second-order valence-electron chi connectivity index (χ2n) is 7.60. The van der Waals surface area contributed by atoms with Crippen molar-refractivity contribution in [2.45, 2.75) is 44.4 Å². The molecule has 0 aliphatic heterocycles. The molecule has 0 aliphatic rings. The normalized spacial score (nSPS) is 14.1. The van der Waals surface area contributed by atoms with Gasteiger partial charge in [-0.05, 0) is 56.0 Å². The van der Waals surface area contributed by atoms with Crippen LogP contribution in [0.25, 0.3) is 0 Å². The van der Waals surface area contributed by atoms with Gasteiger partial charge in [-0.2, -0.15) is 8.42 Å². The van der Waals surface area contributed by atoms with Crippen LogP contribution >= 0.6 is 0 Å². The van der Waals surface area contributed by atoms with E-state index in [1.54, 1.807) is 38.5 Å². The Morgan fingerprint density at radius 3 is 2.17 bits per heavy atom. The number of allylic oxidation sites excluding steroid dienone is 2. The zero-order valence-corrected chi connectivity index (χ0v) is 19.5. The minimum atomic E-state index is -3.81. The van der Waals surface area contributed by atoms with E-state index < -0.39 is 15.5 Å². The van der Waals surface area contributed by atoms with Gasteiger partial charge in [0.05, 0.1) is 25.7 Å². The zero-order chi connectivity index (χ0) is 22.4. The minimum Gasteiger partial charge on any atom is -0.493 e. The molecule has 1 unspecified atom stereocenters. The third-order valence-electron chi connectivity index (χ3n) is 5.48. The molecule has 2 aromatic carbocycles. The smallest absolute Gasteiger partial charge is 0.296 e. The topological polar surface area (TPSA) is 61.8 Å². The molecule has 0 heterocycles. The zero-order valence-electron chi connectivity index (χ0n) is 18.6. The maximum atomic E-state index is 12.6. The highest BCUT2D eigenvalue weighted by Gasteiger charge is 2.34. The number of hydrogen-bond donors (Lipinski definition) is 0. The third-order valence-corrected chi connectivity index (χ3v) is 6.81. The van der Waals surface area contributed by atoms with Crippen LogP contribution in [0.5, 0.6) is 11.5 Å². The predicted molar refractivity (Wildman–Crippen MR) is 120 cm³/mol. The molecule has 0 spiro atoms. The summed E-state index contributed by atoms with van der Waals surface area (Å²) in [7, 11) is -0.612. The lowest BCUT2D eigenvalue weighted by molar-refractivity contribution is 0.249. The van der Waals surface area contributed by atoms with Crippen molar-refractivity contribution in [1.29, 1.82) is 0 Å². The molecule has 0 fully saturated rings. The molecule has 1 atom stereocenters. The molecule has 2 aromatic rings. The number of aryl methyl sites for hydroxylation is 1. The first kappa shape index (κ1) is 24.0. The summed E-state index contributed by atoms with van der Waals surface area (Å²) in [6.45, 7) is 8.17. The largest absolute Gasteiger partial charge is 0.493 e. The Labute approximate surface area is 180 Å². The highest BCUT2D eigenvalue weighted by atomic mass is 32.2. The molecule has 0 aromatic heterocycles. The standard InChI is InChI=1S/C24H32O5S/c1-7-14-24(18(2)3,20-10-13-22(27-5)23(17-20)28-6)15-16-29-30(25,26)21-11-8-19(4)9-12-21/h7-14,17-18H,15-16H2,1-6H3/b14-7+. The number of ether oxygens (including phenoxy) is 2. The van der Waals surface area contributed by atoms with Gasteiger partial charge in [-0.15, -0.1) is 0 Å². The fraction of sp³-hybridized carbons (Fsp3) is 0.417. The molecule has 0 aliphatic carbocycles. The van der Waals surface area contributed by atoms with Crippen molar-refractivity contribution in [2.75, 3.05) is 20.8 Å². The van der Waals surface area contributed by atoms with Crippen molar-refractivity contribution in [3.8, 4) is 11.5 Å². The van der Waals surface area contributed by atoms with Crippen molar-refractivity contribution in [3.63, 3.8) is 0 Å². The van der Waals surface area contributed by atoms with Crippen molar-refractivity contribution < 1.29 is 22.1 Å². The second-order valence-corrected chi connectivity index (χ2v) is 9.22. The summed E-state index contributed by atoms with van der Waals surface area (Å²) in [4.78, 5) is 0.167. The molecule has 2 rings (SSSR count). The van der Waals surface area contributed by atoms with Crippen LogP contribution in [0.15, 0.2) is 59.5 Å². The van der Waals surface area contributed by atoms with E-state index in [4.69, 9.17) is 13.7 Å². The molecule has 0 bridgehead atoms. The summed E-state index contributed by atoms with van der Waals surface area (Å²) in [6, 6.07) is 12.5. The van der Waals surface area contributed by atoms with E-state index in [0.29, 0.717) is 17.9 Å². The van der Waals surface area contributed by atoms with Gasteiger partial charge in [-0.1, -0.05) is 49.8 Å². The van der Waals surface area contributed by atoms with E-state index in [-0.39, 0.29) is 17.4 Å². The molecule has 0 saturated heterocycles. The summed E-state index contributed by atoms with van der Waals surface area (Å²) in [5, 5.41) is 0. The Bertz CT molecular complexity index is 962. The average Bonchev–Trinajstić information content (AvgIpc) is 2.72. The Morgan fingerprint density at radius 1 is 1.00 bits per heavy atom. The van der Waals surface area contributed by atoms with Crippen LogP contribution in [0.1, 0.15) is 38.3 Å². The van der Waals surface area contributed by atoms with E-state index >= 15 is 0 Å². The van der Waals surface area contributed by atoms with Crippen molar-refractivity contribution in [1.82, 2.24) is 0 Å². The maximum absolute atomic E-state index is 12.6. The first-order valence-corrected chi connectivity index (χ1v) is 11.4. The number of methoxy groups -OCH3 is 2. The lowest BCUT2D eigenvalue weighted by atomic mass is 9.69. The number of rotatable bonds is 10. The van der Waals surface area contributed by atoms with Crippen molar-refractivity contribution in [2.24, 2.45) is 5.92 Å². The minimum absolute atomic E-state index is 0.0626. The van der Waals surface area contributed by atoms with Crippen LogP contribution in [0.2, 0.25) is 0 Å². The van der Waals surface area contributed by atoms with E-state index in [0.717, 1.165) is 11.1 Å².